The van der Waals surface area contributed by atoms with Crippen LogP contribution in [0.5, 0.6) is 11.5 Å². The highest BCUT2D eigenvalue weighted by atomic mass is 127. The Labute approximate surface area is 106 Å². The first-order chi connectivity index (χ1) is 7.59. The largest absolute Gasteiger partial charge is 0.505 e. The van der Waals surface area contributed by atoms with E-state index in [1.807, 2.05) is 24.3 Å². The first kappa shape index (κ1) is 11.2. The van der Waals surface area contributed by atoms with Gasteiger partial charge >= 0.3 is 0 Å². The van der Waals surface area contributed by atoms with E-state index >= 15 is 0 Å². The highest BCUT2D eigenvalue weighted by molar-refractivity contribution is 14.1. The maximum atomic E-state index is 13.0. The standard InChI is InChI=1S/C12H8FIO2/c13-12-10(15)5-7(6-11(12)16)8-3-1-2-4-9(8)14/h1-6,15-16H. The number of halogens is 2. The number of phenolic OH excluding ortho intramolecular Hbond substituents is 2. The molecule has 82 valence electrons. The zero-order valence-electron chi connectivity index (χ0n) is 8.11. The number of aromatic hydroxyl groups is 2. The van der Waals surface area contributed by atoms with Gasteiger partial charge in [0.05, 0.1) is 0 Å². The average molecular weight is 330 g/mol. The minimum Gasteiger partial charge on any atom is -0.505 e. The van der Waals surface area contributed by atoms with Crippen molar-refractivity contribution in [2.24, 2.45) is 0 Å². The summed E-state index contributed by atoms with van der Waals surface area (Å²) in [5.74, 6) is -2.08. The van der Waals surface area contributed by atoms with Crippen LogP contribution >= 0.6 is 22.6 Å². The van der Waals surface area contributed by atoms with Gasteiger partial charge in [0, 0.05) is 3.57 Å². The molecule has 0 saturated heterocycles. The Hall–Kier alpha value is -1.30. The molecule has 0 fully saturated rings. The van der Waals surface area contributed by atoms with Crippen LogP contribution in [-0.2, 0) is 0 Å². The van der Waals surface area contributed by atoms with Gasteiger partial charge in [-0.25, -0.2) is 0 Å². The SMILES string of the molecule is Oc1cc(-c2ccccc2I)cc(O)c1F. The van der Waals surface area contributed by atoms with Crippen molar-refractivity contribution in [1.29, 1.82) is 0 Å². The molecule has 16 heavy (non-hydrogen) atoms. The van der Waals surface area contributed by atoms with E-state index in [2.05, 4.69) is 22.6 Å². The Kier molecular flexibility index (Phi) is 3.00. The summed E-state index contributed by atoms with van der Waals surface area (Å²) < 4.78 is 14.0. The van der Waals surface area contributed by atoms with Gasteiger partial charge in [-0.15, -0.1) is 0 Å². The van der Waals surface area contributed by atoms with Gasteiger partial charge in [-0.05, 0) is 51.9 Å². The Morgan fingerprint density at radius 2 is 1.56 bits per heavy atom. The van der Waals surface area contributed by atoms with E-state index < -0.39 is 17.3 Å². The van der Waals surface area contributed by atoms with Crippen molar-refractivity contribution in [3.05, 3.63) is 45.8 Å². The summed E-state index contributed by atoms with van der Waals surface area (Å²) in [6, 6.07) is 10.1. The molecule has 0 radical (unpaired) electrons. The first-order valence-corrected chi connectivity index (χ1v) is 5.64. The number of phenols is 2. The lowest BCUT2D eigenvalue weighted by molar-refractivity contribution is 0.389. The molecule has 0 amide bonds. The van der Waals surface area contributed by atoms with Gasteiger partial charge in [-0.3, -0.25) is 0 Å². The fraction of sp³-hybridized carbons (Fsp3) is 0. The molecule has 2 rings (SSSR count). The van der Waals surface area contributed by atoms with Crippen LogP contribution in [0.15, 0.2) is 36.4 Å². The summed E-state index contributed by atoms with van der Waals surface area (Å²) >= 11 is 2.14. The zero-order chi connectivity index (χ0) is 11.7. The van der Waals surface area contributed by atoms with Crippen molar-refractivity contribution in [3.63, 3.8) is 0 Å². The minimum atomic E-state index is -0.991. The highest BCUT2D eigenvalue weighted by Gasteiger charge is 2.11. The highest BCUT2D eigenvalue weighted by Crippen LogP contribution is 2.33. The summed E-state index contributed by atoms with van der Waals surface area (Å²) in [6.07, 6.45) is 0. The quantitative estimate of drug-likeness (QED) is 0.786. The molecule has 0 aliphatic carbocycles. The second-order valence-corrected chi connectivity index (χ2v) is 4.47. The van der Waals surface area contributed by atoms with Crippen LogP contribution in [0.3, 0.4) is 0 Å². The lowest BCUT2D eigenvalue weighted by Crippen LogP contribution is -1.85. The molecule has 0 atom stereocenters. The fourth-order valence-corrected chi connectivity index (χ4v) is 2.14. The van der Waals surface area contributed by atoms with Crippen LogP contribution in [0.2, 0.25) is 0 Å². The second kappa shape index (κ2) is 4.29. The maximum absolute atomic E-state index is 13.0. The molecule has 0 aliphatic rings. The summed E-state index contributed by atoms with van der Waals surface area (Å²) in [7, 11) is 0. The van der Waals surface area contributed by atoms with Crippen LogP contribution in [0.25, 0.3) is 11.1 Å². The zero-order valence-corrected chi connectivity index (χ0v) is 10.3. The Bertz CT molecular complexity index is 517. The Balaban J connectivity index is 2.62. The summed E-state index contributed by atoms with van der Waals surface area (Å²) in [4.78, 5) is 0. The number of rotatable bonds is 1. The third kappa shape index (κ3) is 1.97. The van der Waals surface area contributed by atoms with Crippen LogP contribution < -0.4 is 0 Å². The van der Waals surface area contributed by atoms with E-state index in [-0.39, 0.29) is 0 Å². The second-order valence-electron chi connectivity index (χ2n) is 3.31. The first-order valence-electron chi connectivity index (χ1n) is 4.56. The van der Waals surface area contributed by atoms with E-state index in [9.17, 15) is 14.6 Å². The van der Waals surface area contributed by atoms with Crippen molar-refractivity contribution in [1.82, 2.24) is 0 Å². The van der Waals surface area contributed by atoms with E-state index in [1.54, 1.807) is 0 Å². The third-order valence-electron chi connectivity index (χ3n) is 2.22. The predicted octanol–water partition coefficient (Wildman–Crippen LogP) is 3.51. The van der Waals surface area contributed by atoms with Crippen molar-refractivity contribution < 1.29 is 14.6 Å². The maximum Gasteiger partial charge on any atom is 0.206 e. The molecule has 0 saturated carbocycles. The van der Waals surface area contributed by atoms with Crippen molar-refractivity contribution in [2.45, 2.75) is 0 Å². The normalized spacial score (nSPS) is 10.4. The third-order valence-corrected chi connectivity index (χ3v) is 3.16. The van der Waals surface area contributed by atoms with Gasteiger partial charge in [0.25, 0.3) is 0 Å². The van der Waals surface area contributed by atoms with Gasteiger partial charge in [0.15, 0.2) is 11.5 Å². The fourth-order valence-electron chi connectivity index (χ4n) is 1.45. The smallest absolute Gasteiger partial charge is 0.206 e. The van der Waals surface area contributed by atoms with Crippen LogP contribution in [-0.4, -0.2) is 10.2 Å². The number of hydrogen-bond donors (Lipinski definition) is 2. The molecule has 2 aromatic carbocycles. The van der Waals surface area contributed by atoms with E-state index in [0.29, 0.717) is 5.56 Å². The minimum absolute atomic E-state index is 0.547. The van der Waals surface area contributed by atoms with Gasteiger partial charge in [0.1, 0.15) is 0 Å². The van der Waals surface area contributed by atoms with E-state index in [4.69, 9.17) is 0 Å². The monoisotopic (exact) mass is 330 g/mol. The molecule has 4 heteroatoms. The molecule has 2 N–H and O–H groups in total. The van der Waals surface area contributed by atoms with E-state index in [1.165, 1.54) is 12.1 Å². The summed E-state index contributed by atoms with van der Waals surface area (Å²) in [6.45, 7) is 0. The molecule has 2 nitrogen and oxygen atoms in total. The molecule has 2 aromatic rings. The van der Waals surface area contributed by atoms with Gasteiger partial charge in [-0.2, -0.15) is 4.39 Å². The molecular formula is C12H8FIO2. The van der Waals surface area contributed by atoms with E-state index in [0.717, 1.165) is 9.13 Å². The Morgan fingerprint density at radius 3 is 2.12 bits per heavy atom. The molecule has 0 bridgehead atoms. The van der Waals surface area contributed by atoms with Crippen LogP contribution in [0.1, 0.15) is 0 Å². The Morgan fingerprint density at radius 1 is 1.00 bits per heavy atom. The summed E-state index contributed by atoms with van der Waals surface area (Å²) in [5, 5.41) is 18.6. The topological polar surface area (TPSA) is 40.5 Å². The summed E-state index contributed by atoms with van der Waals surface area (Å²) in [5.41, 5.74) is 1.43. The van der Waals surface area contributed by atoms with Crippen molar-refractivity contribution in [2.75, 3.05) is 0 Å². The molecule has 0 spiro atoms. The molecule has 0 aliphatic heterocycles. The van der Waals surface area contributed by atoms with Crippen molar-refractivity contribution in [3.8, 4) is 22.6 Å². The van der Waals surface area contributed by atoms with Gasteiger partial charge < -0.3 is 10.2 Å². The van der Waals surface area contributed by atoms with Gasteiger partial charge in [-0.1, -0.05) is 18.2 Å². The number of benzene rings is 2. The molecule has 0 unspecified atom stereocenters. The van der Waals surface area contributed by atoms with Crippen LogP contribution in [0.4, 0.5) is 4.39 Å². The lowest BCUT2D eigenvalue weighted by Gasteiger charge is -2.07. The average Bonchev–Trinajstić information content (AvgIpc) is 2.26. The predicted molar refractivity (Wildman–Crippen MR) is 67.9 cm³/mol. The lowest BCUT2D eigenvalue weighted by atomic mass is 10.1. The molecule has 0 aromatic heterocycles. The van der Waals surface area contributed by atoms with Crippen molar-refractivity contribution >= 4 is 22.6 Å². The van der Waals surface area contributed by atoms with Crippen LogP contribution in [0, 0.1) is 9.39 Å². The molecular weight excluding hydrogens is 322 g/mol. The number of hydrogen-bond acceptors (Lipinski definition) is 2. The molecule has 0 heterocycles. The van der Waals surface area contributed by atoms with Gasteiger partial charge in [0.2, 0.25) is 5.82 Å².